The fraction of sp³-hybridized carbons (Fsp3) is 0.167. The van der Waals surface area contributed by atoms with E-state index < -0.39 is 16.4 Å². The van der Waals surface area contributed by atoms with Gasteiger partial charge >= 0.3 is 5.69 Å². The molecular weight excluding hydrogens is 283 g/mol. The van der Waals surface area contributed by atoms with Crippen molar-refractivity contribution < 1.29 is 9.31 Å². The molecule has 0 atom stereocenters. The minimum absolute atomic E-state index is 0.494. The number of nitrogens with zero attached hydrogens (tertiary/aromatic N) is 4. The molecule has 0 radical (unpaired) electrons. The quantitative estimate of drug-likeness (QED) is 0.549. The van der Waals surface area contributed by atoms with Crippen molar-refractivity contribution in [2.75, 3.05) is 0 Å². The molecule has 0 saturated carbocycles. The molecule has 0 fully saturated rings. The first-order valence-corrected chi connectivity index (χ1v) is 6.69. The normalized spacial score (nSPS) is 11.1. The number of hydrogen-bond acceptors (Lipinski definition) is 5. The molecule has 2 aromatic heterocycles. The maximum Gasteiger partial charge on any atom is 0.305 e. The fourth-order valence-electron chi connectivity index (χ4n) is 1.84. The first-order valence-electron chi connectivity index (χ1n) is 5.88. The van der Waals surface area contributed by atoms with Crippen LogP contribution in [-0.4, -0.2) is 19.5 Å². The number of nitro benzene ring substituents is 1. The summed E-state index contributed by atoms with van der Waals surface area (Å²) >= 11 is 1.46. The smallest absolute Gasteiger partial charge is 0.258 e. The van der Waals surface area contributed by atoms with E-state index in [0.717, 1.165) is 17.5 Å². The average Bonchev–Trinajstić information content (AvgIpc) is 2.96. The molecule has 0 spiro atoms. The summed E-state index contributed by atoms with van der Waals surface area (Å²) in [7, 11) is 0. The minimum Gasteiger partial charge on any atom is -0.258 e. The first-order chi connectivity index (χ1) is 9.58. The number of nitro groups is 1. The predicted molar refractivity (Wildman–Crippen MR) is 72.3 cm³/mol. The van der Waals surface area contributed by atoms with Gasteiger partial charge in [-0.05, 0) is 18.6 Å². The van der Waals surface area contributed by atoms with Gasteiger partial charge in [0.1, 0.15) is 5.01 Å². The number of rotatable bonds is 3. The third-order valence-corrected chi connectivity index (χ3v) is 3.89. The second-order valence-electron chi connectivity index (χ2n) is 4.13. The van der Waals surface area contributed by atoms with Crippen molar-refractivity contribution in [1.82, 2.24) is 14.6 Å². The van der Waals surface area contributed by atoms with Crippen LogP contribution in [0.2, 0.25) is 0 Å². The zero-order valence-corrected chi connectivity index (χ0v) is 11.2. The molecule has 0 aliphatic rings. The Bertz CT molecular complexity index is 780. The van der Waals surface area contributed by atoms with E-state index in [4.69, 9.17) is 0 Å². The van der Waals surface area contributed by atoms with Gasteiger partial charge in [-0.2, -0.15) is 9.49 Å². The molecule has 3 rings (SSSR count). The van der Waals surface area contributed by atoms with Gasteiger partial charge in [0, 0.05) is 11.6 Å². The van der Waals surface area contributed by atoms with Crippen LogP contribution < -0.4 is 0 Å². The highest BCUT2D eigenvalue weighted by molar-refractivity contribution is 7.16. The molecule has 0 N–H and O–H groups in total. The average molecular weight is 292 g/mol. The number of halogens is 1. The molecule has 0 bridgehead atoms. The van der Waals surface area contributed by atoms with E-state index in [0.29, 0.717) is 16.2 Å². The second kappa shape index (κ2) is 4.64. The Morgan fingerprint density at radius 1 is 1.50 bits per heavy atom. The minimum atomic E-state index is -0.855. The van der Waals surface area contributed by atoms with Gasteiger partial charge < -0.3 is 0 Å². The van der Waals surface area contributed by atoms with Crippen LogP contribution in [0.3, 0.4) is 0 Å². The van der Waals surface area contributed by atoms with Crippen molar-refractivity contribution in [3.05, 3.63) is 45.3 Å². The highest BCUT2D eigenvalue weighted by Gasteiger charge is 2.17. The van der Waals surface area contributed by atoms with Crippen molar-refractivity contribution in [2.24, 2.45) is 0 Å². The Kier molecular flexibility index (Phi) is 2.94. The van der Waals surface area contributed by atoms with E-state index >= 15 is 0 Å². The summed E-state index contributed by atoms with van der Waals surface area (Å²) in [6.45, 7) is 2.00. The molecule has 2 heterocycles. The van der Waals surface area contributed by atoms with Crippen LogP contribution in [0.25, 0.3) is 16.2 Å². The zero-order valence-electron chi connectivity index (χ0n) is 10.4. The Hall–Kier alpha value is -2.35. The number of fused-ring (bicyclic) bond motifs is 1. The summed E-state index contributed by atoms with van der Waals surface area (Å²) in [4.78, 5) is 15.1. The van der Waals surface area contributed by atoms with Gasteiger partial charge in [-0.15, -0.1) is 0 Å². The SMILES string of the molecule is CCc1nn2cc(-c3ccc(F)c([N+](=O)[O-])c3)nc2s1. The molecule has 0 unspecified atom stereocenters. The molecule has 6 nitrogen and oxygen atoms in total. The Labute approximate surface area is 116 Å². The standard InChI is InChI=1S/C12H9FN4O2S/c1-2-11-15-16-6-9(14-12(16)20-11)7-3-4-8(13)10(5-7)17(18)19/h3-6H,2H2,1H3. The topological polar surface area (TPSA) is 73.3 Å². The van der Waals surface area contributed by atoms with Crippen molar-refractivity contribution >= 4 is 22.0 Å². The molecular formula is C12H9FN4O2S. The third-order valence-electron chi connectivity index (χ3n) is 2.83. The van der Waals surface area contributed by atoms with Crippen LogP contribution in [0.15, 0.2) is 24.4 Å². The first kappa shape index (κ1) is 12.7. The van der Waals surface area contributed by atoms with Crippen LogP contribution in [0.1, 0.15) is 11.9 Å². The monoisotopic (exact) mass is 292 g/mol. The molecule has 1 aromatic carbocycles. The van der Waals surface area contributed by atoms with Crippen molar-refractivity contribution in [2.45, 2.75) is 13.3 Å². The number of imidazole rings is 1. The van der Waals surface area contributed by atoms with E-state index in [1.807, 2.05) is 6.92 Å². The highest BCUT2D eigenvalue weighted by atomic mass is 32.1. The highest BCUT2D eigenvalue weighted by Crippen LogP contribution is 2.27. The van der Waals surface area contributed by atoms with E-state index in [2.05, 4.69) is 10.1 Å². The summed E-state index contributed by atoms with van der Waals surface area (Å²) in [6, 6.07) is 3.73. The predicted octanol–water partition coefficient (Wildman–Crippen LogP) is 3.07. The van der Waals surface area contributed by atoms with E-state index in [1.165, 1.54) is 23.5 Å². The van der Waals surface area contributed by atoms with E-state index in [-0.39, 0.29) is 0 Å². The molecule has 0 aliphatic carbocycles. The van der Waals surface area contributed by atoms with Crippen LogP contribution in [-0.2, 0) is 6.42 Å². The van der Waals surface area contributed by atoms with Gasteiger partial charge in [-0.3, -0.25) is 10.1 Å². The Morgan fingerprint density at radius 3 is 2.95 bits per heavy atom. The third kappa shape index (κ3) is 2.03. The maximum atomic E-state index is 13.3. The van der Waals surface area contributed by atoms with Gasteiger partial charge in [-0.25, -0.2) is 9.50 Å². The van der Waals surface area contributed by atoms with E-state index in [1.54, 1.807) is 10.7 Å². The van der Waals surface area contributed by atoms with Crippen molar-refractivity contribution in [3.8, 4) is 11.3 Å². The molecule has 0 aliphatic heterocycles. The van der Waals surface area contributed by atoms with Crippen LogP contribution in [0.5, 0.6) is 0 Å². The Balaban J connectivity index is 2.08. The summed E-state index contributed by atoms with van der Waals surface area (Å²) < 4.78 is 14.9. The number of hydrogen-bond donors (Lipinski definition) is 0. The zero-order chi connectivity index (χ0) is 14.3. The summed E-state index contributed by atoms with van der Waals surface area (Å²) in [5.74, 6) is -0.855. The lowest BCUT2D eigenvalue weighted by Gasteiger charge is -1.97. The summed E-state index contributed by atoms with van der Waals surface area (Å²) in [6.07, 6.45) is 2.51. The lowest BCUT2D eigenvalue weighted by Crippen LogP contribution is -1.93. The number of aryl methyl sites for hydroxylation is 1. The van der Waals surface area contributed by atoms with Gasteiger partial charge in [-0.1, -0.05) is 18.3 Å². The van der Waals surface area contributed by atoms with E-state index in [9.17, 15) is 14.5 Å². The molecule has 102 valence electrons. The van der Waals surface area contributed by atoms with Crippen LogP contribution in [0.4, 0.5) is 10.1 Å². The molecule has 0 amide bonds. The second-order valence-corrected chi connectivity index (χ2v) is 5.17. The number of aromatic nitrogens is 3. The lowest BCUT2D eigenvalue weighted by atomic mass is 10.1. The van der Waals surface area contributed by atoms with Crippen LogP contribution in [0, 0.1) is 15.9 Å². The fourth-order valence-corrected chi connectivity index (χ4v) is 2.65. The van der Waals surface area contributed by atoms with Gasteiger partial charge in [0.15, 0.2) is 0 Å². The summed E-state index contributed by atoms with van der Waals surface area (Å²) in [5, 5.41) is 16.0. The lowest BCUT2D eigenvalue weighted by molar-refractivity contribution is -0.387. The van der Waals surface area contributed by atoms with Gasteiger partial charge in [0.05, 0.1) is 16.8 Å². The molecule has 3 aromatic rings. The molecule has 0 saturated heterocycles. The van der Waals surface area contributed by atoms with Crippen molar-refractivity contribution in [3.63, 3.8) is 0 Å². The molecule has 8 heteroatoms. The van der Waals surface area contributed by atoms with Gasteiger partial charge in [0.25, 0.3) is 0 Å². The molecule has 20 heavy (non-hydrogen) atoms. The van der Waals surface area contributed by atoms with Gasteiger partial charge in [0.2, 0.25) is 10.8 Å². The van der Waals surface area contributed by atoms with Crippen molar-refractivity contribution in [1.29, 1.82) is 0 Å². The summed E-state index contributed by atoms with van der Waals surface area (Å²) in [5.41, 5.74) is 0.476. The Morgan fingerprint density at radius 2 is 2.30 bits per heavy atom. The maximum absolute atomic E-state index is 13.3. The number of benzene rings is 1. The van der Waals surface area contributed by atoms with Crippen LogP contribution >= 0.6 is 11.3 Å². The largest absolute Gasteiger partial charge is 0.305 e.